The fourth-order valence-corrected chi connectivity index (χ4v) is 2.35. The van der Waals surface area contributed by atoms with E-state index < -0.39 is 0 Å². The summed E-state index contributed by atoms with van der Waals surface area (Å²) in [5, 5.41) is 3.35. The van der Waals surface area contributed by atoms with Crippen molar-refractivity contribution in [2.75, 3.05) is 31.1 Å². The number of nitrogens with one attached hydrogen (secondary N) is 2. The van der Waals surface area contributed by atoms with E-state index in [2.05, 4.69) is 34.3 Å². The van der Waals surface area contributed by atoms with Gasteiger partial charge in [-0.2, -0.15) is 0 Å². The molecule has 2 N–H and O–H groups in total. The molecule has 0 radical (unpaired) electrons. The topological polar surface area (TPSA) is 44.0 Å². The predicted molar refractivity (Wildman–Crippen MR) is 73.8 cm³/mol. The Morgan fingerprint density at radius 2 is 1.83 bits per heavy atom. The van der Waals surface area contributed by atoms with Crippen LogP contribution < -0.4 is 10.2 Å². The zero-order valence-electron chi connectivity index (χ0n) is 10.6. The van der Waals surface area contributed by atoms with Gasteiger partial charge in [0.25, 0.3) is 0 Å². The number of hydrogen-bond acceptors (Lipinski definition) is 3. The molecule has 0 spiro atoms. The largest absolute Gasteiger partial charge is 0.340 e. The van der Waals surface area contributed by atoms with E-state index in [4.69, 9.17) is 4.98 Å². The van der Waals surface area contributed by atoms with Crippen molar-refractivity contribution in [2.45, 2.75) is 6.92 Å². The molecule has 0 saturated carbocycles. The minimum Gasteiger partial charge on any atom is -0.340 e. The highest BCUT2D eigenvalue weighted by molar-refractivity contribution is 5.64. The van der Waals surface area contributed by atoms with E-state index in [-0.39, 0.29) is 0 Å². The normalized spacial score (nSPS) is 15.9. The highest BCUT2D eigenvalue weighted by Crippen LogP contribution is 2.24. The van der Waals surface area contributed by atoms with Gasteiger partial charge in [0.05, 0.1) is 5.69 Å². The number of piperazine rings is 1. The molecule has 0 atom stereocenters. The van der Waals surface area contributed by atoms with Crippen molar-refractivity contribution in [2.24, 2.45) is 0 Å². The van der Waals surface area contributed by atoms with Gasteiger partial charge in [0.1, 0.15) is 0 Å². The number of aromatic nitrogens is 2. The van der Waals surface area contributed by atoms with Gasteiger partial charge in [-0.3, -0.25) is 0 Å². The number of aryl methyl sites for hydroxylation is 1. The van der Waals surface area contributed by atoms with Crippen molar-refractivity contribution >= 4 is 5.95 Å². The Morgan fingerprint density at radius 3 is 2.56 bits per heavy atom. The zero-order chi connectivity index (χ0) is 12.4. The van der Waals surface area contributed by atoms with Gasteiger partial charge < -0.3 is 15.2 Å². The standard InChI is InChI=1S/C14H18N4/c1-11-13(12-5-3-2-4-6-12)17-14(16-11)18-9-7-15-8-10-18/h2-6,15H,7-10H2,1H3,(H,16,17). The molecule has 1 aromatic carbocycles. The van der Waals surface area contributed by atoms with Crippen LogP contribution in [0.25, 0.3) is 11.3 Å². The molecule has 1 saturated heterocycles. The van der Waals surface area contributed by atoms with Gasteiger partial charge in [0.15, 0.2) is 0 Å². The molecule has 18 heavy (non-hydrogen) atoms. The number of anilines is 1. The minimum atomic E-state index is 0.993. The van der Waals surface area contributed by atoms with Gasteiger partial charge in [-0.05, 0) is 6.92 Å². The van der Waals surface area contributed by atoms with Crippen molar-refractivity contribution in [3.8, 4) is 11.3 Å². The highest BCUT2D eigenvalue weighted by atomic mass is 15.3. The van der Waals surface area contributed by atoms with Crippen LogP contribution >= 0.6 is 0 Å². The molecule has 0 bridgehead atoms. The Bertz CT molecular complexity index is 512. The van der Waals surface area contributed by atoms with Crippen LogP contribution in [0.2, 0.25) is 0 Å². The lowest BCUT2D eigenvalue weighted by atomic mass is 10.1. The van der Waals surface area contributed by atoms with Crippen molar-refractivity contribution in [1.82, 2.24) is 15.3 Å². The van der Waals surface area contributed by atoms with Crippen LogP contribution in [-0.2, 0) is 0 Å². The Hall–Kier alpha value is -1.81. The van der Waals surface area contributed by atoms with Crippen LogP contribution in [-0.4, -0.2) is 36.1 Å². The van der Waals surface area contributed by atoms with Gasteiger partial charge in [-0.25, -0.2) is 4.98 Å². The van der Waals surface area contributed by atoms with E-state index in [0.717, 1.165) is 43.5 Å². The smallest absolute Gasteiger partial charge is 0.203 e. The average molecular weight is 242 g/mol. The molecule has 2 aromatic rings. The number of rotatable bonds is 2. The lowest BCUT2D eigenvalue weighted by Crippen LogP contribution is -2.44. The number of imidazole rings is 1. The summed E-state index contributed by atoms with van der Waals surface area (Å²) in [6.07, 6.45) is 0. The first-order valence-corrected chi connectivity index (χ1v) is 6.42. The van der Waals surface area contributed by atoms with Crippen LogP contribution in [0.1, 0.15) is 5.69 Å². The number of aromatic amines is 1. The number of nitrogens with zero attached hydrogens (tertiary/aromatic N) is 2. The second kappa shape index (κ2) is 4.82. The molecule has 1 aliphatic rings. The van der Waals surface area contributed by atoms with Crippen molar-refractivity contribution in [1.29, 1.82) is 0 Å². The summed E-state index contributed by atoms with van der Waals surface area (Å²) in [7, 11) is 0. The molecule has 1 fully saturated rings. The Labute approximate surface area is 107 Å². The minimum absolute atomic E-state index is 0.993. The third kappa shape index (κ3) is 2.11. The van der Waals surface area contributed by atoms with Crippen molar-refractivity contribution in [3.63, 3.8) is 0 Å². The summed E-state index contributed by atoms with van der Waals surface area (Å²) in [5.41, 5.74) is 3.37. The Morgan fingerprint density at radius 1 is 1.11 bits per heavy atom. The maximum absolute atomic E-state index is 4.75. The summed E-state index contributed by atoms with van der Waals surface area (Å²) < 4.78 is 0. The molecule has 0 aliphatic carbocycles. The second-order valence-electron chi connectivity index (χ2n) is 4.64. The van der Waals surface area contributed by atoms with E-state index in [1.54, 1.807) is 0 Å². The fraction of sp³-hybridized carbons (Fsp3) is 0.357. The van der Waals surface area contributed by atoms with Crippen molar-refractivity contribution in [3.05, 3.63) is 36.0 Å². The van der Waals surface area contributed by atoms with Gasteiger partial charge in [0, 0.05) is 37.4 Å². The maximum Gasteiger partial charge on any atom is 0.203 e. The number of H-pyrrole nitrogens is 1. The molecular formula is C14H18N4. The average Bonchev–Trinajstić information content (AvgIpc) is 2.83. The molecule has 1 aliphatic heterocycles. The number of benzene rings is 1. The fourth-order valence-electron chi connectivity index (χ4n) is 2.35. The van der Waals surface area contributed by atoms with Gasteiger partial charge in [-0.15, -0.1) is 0 Å². The van der Waals surface area contributed by atoms with E-state index in [0.29, 0.717) is 0 Å². The predicted octanol–water partition coefficient (Wildman–Crippen LogP) is 1.79. The lowest BCUT2D eigenvalue weighted by Gasteiger charge is -2.26. The maximum atomic E-state index is 4.75. The molecule has 2 heterocycles. The lowest BCUT2D eigenvalue weighted by molar-refractivity contribution is 0.581. The van der Waals surface area contributed by atoms with Crippen LogP contribution in [0.15, 0.2) is 30.3 Å². The van der Waals surface area contributed by atoms with Crippen molar-refractivity contribution < 1.29 is 0 Å². The summed E-state index contributed by atoms with van der Waals surface area (Å²) in [5.74, 6) is 0.993. The monoisotopic (exact) mass is 242 g/mol. The molecule has 0 amide bonds. The molecule has 4 heteroatoms. The highest BCUT2D eigenvalue weighted by Gasteiger charge is 2.16. The first kappa shape index (κ1) is 11.3. The first-order valence-electron chi connectivity index (χ1n) is 6.42. The SMILES string of the molecule is Cc1[nH]c(N2CCNCC2)nc1-c1ccccc1. The van der Waals surface area contributed by atoms with Gasteiger partial charge >= 0.3 is 0 Å². The molecule has 94 valence electrons. The molecular weight excluding hydrogens is 224 g/mol. The second-order valence-corrected chi connectivity index (χ2v) is 4.64. The molecule has 3 rings (SSSR count). The molecule has 4 nitrogen and oxygen atoms in total. The third-order valence-electron chi connectivity index (χ3n) is 3.34. The Kier molecular flexibility index (Phi) is 3.02. The first-order chi connectivity index (χ1) is 8.84. The van der Waals surface area contributed by atoms with E-state index >= 15 is 0 Å². The summed E-state index contributed by atoms with van der Waals surface area (Å²) >= 11 is 0. The summed E-state index contributed by atoms with van der Waals surface area (Å²) in [4.78, 5) is 10.4. The summed E-state index contributed by atoms with van der Waals surface area (Å²) in [6.45, 7) is 6.17. The number of hydrogen-bond donors (Lipinski definition) is 2. The third-order valence-corrected chi connectivity index (χ3v) is 3.34. The Balaban J connectivity index is 1.91. The van der Waals surface area contributed by atoms with Gasteiger partial charge in [-0.1, -0.05) is 30.3 Å². The van der Waals surface area contributed by atoms with Crippen LogP contribution in [0.4, 0.5) is 5.95 Å². The molecule has 0 unspecified atom stereocenters. The van der Waals surface area contributed by atoms with Crippen LogP contribution in [0, 0.1) is 6.92 Å². The quantitative estimate of drug-likeness (QED) is 0.844. The van der Waals surface area contributed by atoms with E-state index in [9.17, 15) is 0 Å². The van der Waals surface area contributed by atoms with Crippen LogP contribution in [0.5, 0.6) is 0 Å². The van der Waals surface area contributed by atoms with Gasteiger partial charge in [0.2, 0.25) is 5.95 Å². The summed E-state index contributed by atoms with van der Waals surface area (Å²) in [6, 6.07) is 10.3. The zero-order valence-corrected chi connectivity index (χ0v) is 10.6. The van der Waals surface area contributed by atoms with E-state index in [1.165, 1.54) is 5.56 Å². The van der Waals surface area contributed by atoms with E-state index in [1.807, 2.05) is 18.2 Å². The van der Waals surface area contributed by atoms with Crippen LogP contribution in [0.3, 0.4) is 0 Å². The molecule has 1 aromatic heterocycles.